The maximum absolute atomic E-state index is 13.8. The van der Waals surface area contributed by atoms with Crippen LogP contribution in [0.5, 0.6) is 0 Å². The summed E-state index contributed by atoms with van der Waals surface area (Å²) in [7, 11) is 1.41. The van der Waals surface area contributed by atoms with E-state index in [9.17, 15) is 13.6 Å². The Hall–Kier alpha value is -1.73. The molecular formula is C21H35F2N3O2. The standard InChI is InChI=1S/C16H21F2N3O2.C4H10.CH4/c1-10(16(5-6-16)15(3,17)18)7-12-11(2)21-13(8-19-12)14(22)9-20-23-4;1-3-4-2;/h7-8,20H,5-6,9H2,1-4H3;3-4H2,1-2H3;1H4/b10-7+;;. The molecule has 0 atom stereocenters. The Labute approximate surface area is 168 Å². The molecule has 28 heavy (non-hydrogen) atoms. The molecule has 5 nitrogen and oxygen atoms in total. The first-order valence-corrected chi connectivity index (χ1v) is 9.32. The number of hydroxylamine groups is 1. The van der Waals surface area contributed by atoms with Crippen molar-refractivity contribution in [3.63, 3.8) is 0 Å². The van der Waals surface area contributed by atoms with Gasteiger partial charge in [-0.15, -0.1) is 0 Å². The van der Waals surface area contributed by atoms with E-state index in [0.29, 0.717) is 29.8 Å². The molecule has 1 aromatic rings. The van der Waals surface area contributed by atoms with Gasteiger partial charge in [0.15, 0.2) is 5.78 Å². The van der Waals surface area contributed by atoms with Crippen LogP contribution in [0.1, 0.15) is 82.7 Å². The minimum absolute atomic E-state index is 0. The highest BCUT2D eigenvalue weighted by Crippen LogP contribution is 2.61. The highest BCUT2D eigenvalue weighted by atomic mass is 19.3. The van der Waals surface area contributed by atoms with Gasteiger partial charge in [0.1, 0.15) is 5.69 Å². The number of ketones is 1. The largest absolute Gasteiger partial charge is 0.305 e. The van der Waals surface area contributed by atoms with Crippen LogP contribution in [0, 0.1) is 12.3 Å². The molecule has 0 radical (unpaired) electrons. The van der Waals surface area contributed by atoms with Crippen molar-refractivity contribution >= 4 is 11.9 Å². The number of aromatic nitrogens is 2. The van der Waals surface area contributed by atoms with Gasteiger partial charge in [-0.25, -0.2) is 13.8 Å². The number of nitrogens with zero attached hydrogens (tertiary/aromatic N) is 2. The summed E-state index contributed by atoms with van der Waals surface area (Å²) in [6.45, 7) is 8.72. The van der Waals surface area contributed by atoms with Crippen LogP contribution in [0.4, 0.5) is 8.78 Å². The van der Waals surface area contributed by atoms with Crippen molar-refractivity contribution in [2.45, 2.75) is 73.7 Å². The van der Waals surface area contributed by atoms with Crippen molar-refractivity contribution in [3.8, 4) is 0 Å². The van der Waals surface area contributed by atoms with Crippen LogP contribution in [0.15, 0.2) is 11.8 Å². The summed E-state index contributed by atoms with van der Waals surface area (Å²) in [5, 5.41) is 0. The number of carbonyl (C=O) groups is 1. The quantitative estimate of drug-likeness (QED) is 0.468. The number of nitrogens with one attached hydrogen (secondary N) is 1. The van der Waals surface area contributed by atoms with Crippen LogP contribution in [0.2, 0.25) is 0 Å². The number of Topliss-reactive ketones (excluding diaryl/α,β-unsaturated/α-hetero) is 1. The molecule has 1 fully saturated rings. The Morgan fingerprint density at radius 1 is 1.36 bits per heavy atom. The van der Waals surface area contributed by atoms with E-state index in [1.807, 2.05) is 0 Å². The molecule has 2 rings (SSSR count). The Balaban J connectivity index is 0.00000133. The molecule has 0 aliphatic heterocycles. The number of rotatable bonds is 8. The minimum Gasteiger partial charge on any atom is -0.305 e. The van der Waals surface area contributed by atoms with Crippen molar-refractivity contribution < 1.29 is 18.4 Å². The van der Waals surface area contributed by atoms with Gasteiger partial charge in [0.05, 0.1) is 36.7 Å². The van der Waals surface area contributed by atoms with Gasteiger partial charge < -0.3 is 4.84 Å². The van der Waals surface area contributed by atoms with Gasteiger partial charge in [0.2, 0.25) is 0 Å². The van der Waals surface area contributed by atoms with Crippen LogP contribution in [-0.4, -0.2) is 35.3 Å². The number of allylic oxidation sites excluding steroid dienone is 1. The third-order valence-corrected chi connectivity index (χ3v) is 4.85. The lowest BCUT2D eigenvalue weighted by Gasteiger charge is -2.24. The van der Waals surface area contributed by atoms with Crippen LogP contribution >= 0.6 is 0 Å². The molecule has 0 spiro atoms. The molecule has 1 heterocycles. The van der Waals surface area contributed by atoms with E-state index in [2.05, 4.69) is 34.1 Å². The van der Waals surface area contributed by atoms with Crippen molar-refractivity contribution in [2.24, 2.45) is 5.41 Å². The number of carbonyl (C=O) groups excluding carboxylic acids is 1. The van der Waals surface area contributed by atoms with Gasteiger partial charge in [-0.2, -0.15) is 5.48 Å². The zero-order valence-electron chi connectivity index (χ0n) is 17.2. The fourth-order valence-electron chi connectivity index (χ4n) is 2.64. The van der Waals surface area contributed by atoms with Crippen LogP contribution < -0.4 is 5.48 Å². The summed E-state index contributed by atoms with van der Waals surface area (Å²) >= 11 is 0. The number of hydrogen-bond acceptors (Lipinski definition) is 5. The second-order valence-electron chi connectivity index (χ2n) is 6.97. The number of unbranched alkanes of at least 4 members (excludes halogenated alkanes) is 1. The summed E-state index contributed by atoms with van der Waals surface area (Å²) in [5.74, 6) is -3.01. The molecule has 1 saturated carbocycles. The van der Waals surface area contributed by atoms with E-state index in [1.54, 1.807) is 19.9 Å². The second-order valence-corrected chi connectivity index (χ2v) is 6.97. The smallest absolute Gasteiger partial charge is 0.254 e. The maximum Gasteiger partial charge on any atom is 0.254 e. The zero-order valence-corrected chi connectivity index (χ0v) is 17.2. The topological polar surface area (TPSA) is 64.1 Å². The fourth-order valence-corrected chi connectivity index (χ4v) is 2.64. The summed E-state index contributed by atoms with van der Waals surface area (Å²) in [6.07, 6.45) is 6.60. The highest BCUT2D eigenvalue weighted by Gasteiger charge is 2.59. The minimum atomic E-state index is -2.75. The fraction of sp³-hybridized carbons (Fsp3) is 0.667. The molecule has 1 aromatic heterocycles. The van der Waals surface area contributed by atoms with Crippen molar-refractivity contribution in [1.82, 2.24) is 15.4 Å². The van der Waals surface area contributed by atoms with Crippen LogP contribution in [0.3, 0.4) is 0 Å². The van der Waals surface area contributed by atoms with Gasteiger partial charge >= 0.3 is 0 Å². The molecule has 0 aromatic carbocycles. The lowest BCUT2D eigenvalue weighted by Crippen LogP contribution is -2.27. The number of aryl methyl sites for hydroxylation is 1. The molecule has 0 amide bonds. The van der Waals surface area contributed by atoms with Gasteiger partial charge in [0.25, 0.3) is 5.92 Å². The van der Waals surface area contributed by atoms with Crippen LogP contribution in [0.25, 0.3) is 6.08 Å². The first-order chi connectivity index (χ1) is 12.6. The third-order valence-electron chi connectivity index (χ3n) is 4.85. The van der Waals surface area contributed by atoms with Crippen molar-refractivity contribution in [1.29, 1.82) is 0 Å². The molecule has 160 valence electrons. The van der Waals surface area contributed by atoms with E-state index in [0.717, 1.165) is 6.92 Å². The lowest BCUT2D eigenvalue weighted by atomic mass is 9.90. The normalized spacial score (nSPS) is 15.2. The van der Waals surface area contributed by atoms with E-state index in [4.69, 9.17) is 0 Å². The molecule has 1 aliphatic rings. The molecule has 7 heteroatoms. The SMILES string of the molecule is C.CCCC.CONCC(=O)c1cnc(/C=C(\C)C2(C(C)(F)F)CC2)c(C)n1. The van der Waals surface area contributed by atoms with Gasteiger partial charge in [-0.3, -0.25) is 9.78 Å². The van der Waals surface area contributed by atoms with Gasteiger partial charge in [-0.05, 0) is 32.8 Å². The van der Waals surface area contributed by atoms with Crippen molar-refractivity contribution in [2.75, 3.05) is 13.7 Å². The average molecular weight is 400 g/mol. The number of halogens is 2. The predicted octanol–water partition coefficient (Wildman–Crippen LogP) is 5.40. The summed E-state index contributed by atoms with van der Waals surface area (Å²) in [4.78, 5) is 24.8. The van der Waals surface area contributed by atoms with E-state index < -0.39 is 11.3 Å². The molecule has 0 unspecified atom stereocenters. The Morgan fingerprint density at radius 2 is 1.93 bits per heavy atom. The molecule has 0 saturated heterocycles. The van der Waals surface area contributed by atoms with Crippen molar-refractivity contribution in [3.05, 3.63) is 28.9 Å². The monoisotopic (exact) mass is 399 g/mol. The average Bonchev–Trinajstić information content (AvgIpc) is 3.43. The van der Waals surface area contributed by atoms with E-state index in [1.165, 1.54) is 26.1 Å². The van der Waals surface area contributed by atoms with Gasteiger partial charge in [-0.1, -0.05) is 39.7 Å². The maximum atomic E-state index is 13.8. The predicted molar refractivity (Wildman–Crippen MR) is 109 cm³/mol. The summed E-state index contributed by atoms with van der Waals surface area (Å²) < 4.78 is 27.5. The molecular weight excluding hydrogens is 364 g/mol. The first-order valence-electron chi connectivity index (χ1n) is 9.32. The zero-order chi connectivity index (χ0) is 20.7. The Bertz CT molecular complexity index is 664. The third kappa shape index (κ3) is 6.71. The second kappa shape index (κ2) is 11.3. The Kier molecular flexibility index (Phi) is 10.6. The molecule has 1 aliphatic carbocycles. The number of alkyl halides is 2. The summed E-state index contributed by atoms with van der Waals surface area (Å²) in [5.41, 5.74) is 3.24. The number of hydrogen-bond donors (Lipinski definition) is 1. The summed E-state index contributed by atoms with van der Waals surface area (Å²) in [6, 6.07) is 0. The van der Waals surface area contributed by atoms with E-state index in [-0.39, 0.29) is 25.4 Å². The van der Waals surface area contributed by atoms with Gasteiger partial charge in [0, 0.05) is 6.92 Å². The molecule has 1 N–H and O–H groups in total. The van der Waals surface area contributed by atoms with E-state index >= 15 is 0 Å². The van der Waals surface area contributed by atoms with Crippen LogP contribution in [-0.2, 0) is 4.84 Å². The first kappa shape index (κ1) is 26.3. The molecule has 0 bridgehead atoms. The lowest BCUT2D eigenvalue weighted by molar-refractivity contribution is -0.0378. The highest BCUT2D eigenvalue weighted by molar-refractivity contribution is 5.95. The Morgan fingerprint density at radius 3 is 2.32 bits per heavy atom.